The Kier molecular flexibility index (Phi) is 29.0. The zero-order valence-corrected chi connectivity index (χ0v) is 27.8. The zero-order valence-electron chi connectivity index (χ0n) is 26.9. The summed E-state index contributed by atoms with van der Waals surface area (Å²) in [6.07, 6.45) is 29.3. The molecule has 0 aliphatic rings. The van der Waals surface area contributed by atoms with Crippen LogP contribution in [-0.2, 0) is 32.7 Å². The first kappa shape index (κ1) is 41.2. The molecular formula is C33H60NO8P. The number of unbranched alkanes of at least 4 members (excludes halogenated alkanes) is 11. The highest BCUT2D eigenvalue weighted by molar-refractivity contribution is 7.47. The van der Waals surface area contributed by atoms with Crippen LogP contribution in [0.4, 0.5) is 0 Å². The fourth-order valence-corrected chi connectivity index (χ4v) is 4.88. The maximum Gasteiger partial charge on any atom is 0.472 e. The molecule has 2 unspecified atom stereocenters. The van der Waals surface area contributed by atoms with E-state index in [2.05, 4.69) is 50.3 Å². The van der Waals surface area contributed by atoms with Crippen LogP contribution in [0.25, 0.3) is 0 Å². The maximum atomic E-state index is 12.4. The van der Waals surface area contributed by atoms with Crippen molar-refractivity contribution in [3.05, 3.63) is 36.5 Å². The third kappa shape index (κ3) is 30.1. The molecule has 0 saturated heterocycles. The van der Waals surface area contributed by atoms with Crippen LogP contribution in [-0.4, -0.2) is 49.3 Å². The fraction of sp³-hybridized carbons (Fsp3) is 0.758. The van der Waals surface area contributed by atoms with Crippen molar-refractivity contribution in [3.8, 4) is 0 Å². The molecule has 0 rings (SSSR count). The number of phosphoric acid groups is 1. The Morgan fingerprint density at radius 1 is 0.721 bits per heavy atom. The molecule has 0 aliphatic heterocycles. The largest absolute Gasteiger partial charge is 0.472 e. The van der Waals surface area contributed by atoms with Crippen LogP contribution >= 0.6 is 7.82 Å². The molecule has 250 valence electrons. The molecule has 0 bridgehead atoms. The Labute approximate surface area is 261 Å². The SMILES string of the molecule is CC/C=C\C/C=C\C/C=C\CCCCCCCCCC(=O)OC(COC(=O)CCCCCCC)COP(=O)(O)OCCN. The van der Waals surface area contributed by atoms with Crippen LogP contribution in [0.2, 0.25) is 0 Å². The lowest BCUT2D eigenvalue weighted by molar-refractivity contribution is -0.161. The minimum atomic E-state index is -4.36. The van der Waals surface area contributed by atoms with E-state index in [1.807, 2.05) is 0 Å². The Bertz CT molecular complexity index is 815. The topological polar surface area (TPSA) is 134 Å². The first-order chi connectivity index (χ1) is 20.8. The van der Waals surface area contributed by atoms with Crippen molar-refractivity contribution in [1.29, 1.82) is 0 Å². The Morgan fingerprint density at radius 2 is 1.28 bits per heavy atom. The number of hydrogen-bond donors (Lipinski definition) is 2. The predicted octanol–water partition coefficient (Wildman–Crippen LogP) is 8.26. The van der Waals surface area contributed by atoms with Gasteiger partial charge in [-0.2, -0.15) is 0 Å². The third-order valence-electron chi connectivity index (χ3n) is 6.54. The van der Waals surface area contributed by atoms with Crippen molar-refractivity contribution in [2.75, 3.05) is 26.4 Å². The molecule has 2 atom stereocenters. The van der Waals surface area contributed by atoms with E-state index in [4.69, 9.17) is 24.3 Å². The minimum Gasteiger partial charge on any atom is -0.462 e. The van der Waals surface area contributed by atoms with E-state index < -0.39 is 32.5 Å². The van der Waals surface area contributed by atoms with Crippen molar-refractivity contribution in [2.45, 2.75) is 136 Å². The van der Waals surface area contributed by atoms with Crippen molar-refractivity contribution in [3.63, 3.8) is 0 Å². The van der Waals surface area contributed by atoms with Crippen LogP contribution in [0.3, 0.4) is 0 Å². The molecule has 0 heterocycles. The summed E-state index contributed by atoms with van der Waals surface area (Å²) in [7, 11) is -4.36. The molecule has 9 nitrogen and oxygen atoms in total. The van der Waals surface area contributed by atoms with Crippen LogP contribution < -0.4 is 5.73 Å². The van der Waals surface area contributed by atoms with Gasteiger partial charge in [-0.3, -0.25) is 18.6 Å². The molecule has 0 aromatic heterocycles. The van der Waals surface area contributed by atoms with E-state index >= 15 is 0 Å². The van der Waals surface area contributed by atoms with E-state index in [1.165, 1.54) is 19.3 Å². The second kappa shape index (κ2) is 30.3. The van der Waals surface area contributed by atoms with Crippen molar-refractivity contribution in [2.24, 2.45) is 5.73 Å². The van der Waals surface area contributed by atoms with Gasteiger partial charge < -0.3 is 20.1 Å². The molecule has 0 fully saturated rings. The number of carbonyl (C=O) groups excluding carboxylic acids is 2. The third-order valence-corrected chi connectivity index (χ3v) is 7.52. The van der Waals surface area contributed by atoms with Gasteiger partial charge in [0.2, 0.25) is 0 Å². The number of esters is 2. The highest BCUT2D eigenvalue weighted by Crippen LogP contribution is 2.43. The van der Waals surface area contributed by atoms with Crippen LogP contribution in [0.5, 0.6) is 0 Å². The highest BCUT2D eigenvalue weighted by atomic mass is 31.2. The van der Waals surface area contributed by atoms with E-state index in [1.54, 1.807) is 0 Å². The highest BCUT2D eigenvalue weighted by Gasteiger charge is 2.25. The molecule has 0 spiro atoms. The summed E-state index contributed by atoms with van der Waals surface area (Å²) in [4.78, 5) is 34.3. The Hall–Kier alpha value is -1.77. The summed E-state index contributed by atoms with van der Waals surface area (Å²) in [5.74, 6) is -0.859. The normalized spacial score (nSPS) is 14.0. The fourth-order valence-electron chi connectivity index (χ4n) is 4.12. The quantitative estimate of drug-likeness (QED) is 0.0348. The number of hydrogen-bond acceptors (Lipinski definition) is 8. The average molecular weight is 630 g/mol. The number of nitrogens with two attached hydrogens (primary N) is 1. The van der Waals surface area contributed by atoms with E-state index in [0.29, 0.717) is 6.42 Å². The number of phosphoric ester groups is 1. The molecule has 0 aromatic rings. The van der Waals surface area contributed by atoms with Gasteiger partial charge in [0.25, 0.3) is 0 Å². The number of carbonyl (C=O) groups is 2. The number of allylic oxidation sites excluding steroid dienone is 6. The molecule has 0 aliphatic carbocycles. The van der Waals surface area contributed by atoms with E-state index in [-0.39, 0.29) is 32.6 Å². The van der Waals surface area contributed by atoms with E-state index in [0.717, 1.165) is 77.0 Å². The first-order valence-corrected chi connectivity index (χ1v) is 18.0. The predicted molar refractivity (Wildman–Crippen MR) is 173 cm³/mol. The van der Waals surface area contributed by atoms with Gasteiger partial charge in [0.05, 0.1) is 13.2 Å². The van der Waals surface area contributed by atoms with Crippen molar-refractivity contribution >= 4 is 19.8 Å². The summed E-state index contributed by atoms with van der Waals surface area (Å²) in [5.41, 5.74) is 5.30. The summed E-state index contributed by atoms with van der Waals surface area (Å²) in [6, 6.07) is 0. The smallest absolute Gasteiger partial charge is 0.462 e. The lowest BCUT2D eigenvalue weighted by Crippen LogP contribution is -2.29. The van der Waals surface area contributed by atoms with Crippen LogP contribution in [0.1, 0.15) is 129 Å². The Balaban J connectivity index is 4.19. The molecule has 0 aromatic carbocycles. The van der Waals surface area contributed by atoms with Crippen LogP contribution in [0.15, 0.2) is 36.5 Å². The lowest BCUT2D eigenvalue weighted by Gasteiger charge is -2.19. The van der Waals surface area contributed by atoms with Gasteiger partial charge in [0.15, 0.2) is 6.10 Å². The van der Waals surface area contributed by atoms with Gasteiger partial charge in [0, 0.05) is 19.4 Å². The van der Waals surface area contributed by atoms with Crippen molar-refractivity contribution in [1.82, 2.24) is 0 Å². The molecule has 3 N–H and O–H groups in total. The second-order valence-corrected chi connectivity index (χ2v) is 12.1. The van der Waals surface area contributed by atoms with Crippen molar-refractivity contribution < 1.29 is 37.6 Å². The Morgan fingerprint density at radius 3 is 1.91 bits per heavy atom. The van der Waals surface area contributed by atoms with E-state index in [9.17, 15) is 19.0 Å². The second-order valence-electron chi connectivity index (χ2n) is 10.7. The number of rotatable bonds is 30. The molecule has 0 radical (unpaired) electrons. The zero-order chi connectivity index (χ0) is 31.9. The summed E-state index contributed by atoms with van der Waals surface area (Å²) in [5, 5.41) is 0. The summed E-state index contributed by atoms with van der Waals surface area (Å²) >= 11 is 0. The summed E-state index contributed by atoms with van der Waals surface area (Å²) in [6.45, 7) is 3.48. The molecule has 43 heavy (non-hydrogen) atoms. The first-order valence-electron chi connectivity index (χ1n) is 16.5. The van der Waals surface area contributed by atoms with Gasteiger partial charge in [-0.1, -0.05) is 108 Å². The molecule has 10 heteroatoms. The molecule has 0 amide bonds. The number of ether oxygens (including phenoxy) is 2. The van der Waals surface area contributed by atoms with Gasteiger partial charge in [-0.25, -0.2) is 4.57 Å². The standard InChI is InChI=1S/C33H60NO8P/c1-3-5-7-9-10-11-12-13-14-15-16-17-18-19-20-22-24-26-33(36)42-31(30-41-43(37,38)40-28-27-34)29-39-32(35)25-23-21-8-6-4-2/h5,7,10-11,13-14,31H,3-4,6,8-9,12,15-30,34H2,1-2H3,(H,37,38)/b7-5-,11-10-,14-13-. The lowest BCUT2D eigenvalue weighted by atomic mass is 10.1. The molecular weight excluding hydrogens is 569 g/mol. The van der Waals surface area contributed by atoms with Gasteiger partial charge in [0.1, 0.15) is 6.61 Å². The van der Waals surface area contributed by atoms with Gasteiger partial charge in [-0.15, -0.1) is 0 Å². The van der Waals surface area contributed by atoms with Crippen LogP contribution in [0, 0.1) is 0 Å². The average Bonchev–Trinajstić information content (AvgIpc) is 2.99. The molecule has 0 saturated carbocycles. The summed E-state index contributed by atoms with van der Waals surface area (Å²) < 4.78 is 32.3. The van der Waals surface area contributed by atoms with Gasteiger partial charge >= 0.3 is 19.8 Å². The monoisotopic (exact) mass is 629 g/mol. The van der Waals surface area contributed by atoms with Gasteiger partial charge in [-0.05, 0) is 44.9 Å². The minimum absolute atomic E-state index is 0.0509. The maximum absolute atomic E-state index is 12.4.